The molecule has 1 aromatic heterocycles. The maximum absolute atomic E-state index is 14.9. The second-order valence-corrected chi connectivity index (χ2v) is 17.1. The van der Waals surface area contributed by atoms with Crippen LogP contribution in [0.5, 0.6) is 0 Å². The zero-order valence-electron chi connectivity index (χ0n) is 29.0. The summed E-state index contributed by atoms with van der Waals surface area (Å²) in [5.41, 5.74) is 1.79. The zero-order chi connectivity index (χ0) is 35.4. The summed E-state index contributed by atoms with van der Waals surface area (Å²) in [5.74, 6) is -0.456. The number of ether oxygens (including phenoxy) is 1. The smallest absolute Gasteiger partial charge is 0.257 e. The molecule has 1 amide bonds. The quantitative estimate of drug-likeness (QED) is 0.207. The molecule has 7 rings (SSSR count). The Balaban J connectivity index is 1.07. The fourth-order valence-corrected chi connectivity index (χ4v) is 10.1. The van der Waals surface area contributed by atoms with Crippen LogP contribution in [0.4, 0.5) is 4.39 Å². The Morgan fingerprint density at radius 2 is 1.72 bits per heavy atom. The van der Waals surface area contributed by atoms with E-state index in [2.05, 4.69) is 51.4 Å². The molecule has 0 saturated carbocycles. The van der Waals surface area contributed by atoms with Gasteiger partial charge in [0.2, 0.25) is 10.0 Å². The van der Waals surface area contributed by atoms with Gasteiger partial charge in [-0.05, 0) is 96.0 Å². The Labute approximate surface area is 298 Å². The van der Waals surface area contributed by atoms with E-state index in [1.807, 2.05) is 24.3 Å². The molecule has 3 unspecified atom stereocenters. The number of nitrogens with zero attached hydrogens (tertiary/aromatic N) is 4. The number of nitrogens with one attached hydrogen (secondary N) is 1. The summed E-state index contributed by atoms with van der Waals surface area (Å²) in [6.45, 7) is 8.32. The molecule has 266 valence electrons. The number of para-hydroxylation sites is 2. The predicted molar refractivity (Wildman–Crippen MR) is 192 cm³/mol. The summed E-state index contributed by atoms with van der Waals surface area (Å²) in [4.78, 5) is 22.2. The third kappa shape index (κ3) is 6.70. The van der Waals surface area contributed by atoms with Crippen LogP contribution in [0.1, 0.15) is 87.1 Å². The molecule has 1 N–H and O–H groups in total. The number of rotatable bonds is 8. The van der Waals surface area contributed by atoms with Gasteiger partial charge in [0.25, 0.3) is 5.91 Å². The number of carbonyl (C=O) groups is 1. The molecule has 3 aliphatic heterocycles. The van der Waals surface area contributed by atoms with Gasteiger partial charge in [0.1, 0.15) is 23.3 Å². The number of hydrogen-bond acceptors (Lipinski definition) is 6. The van der Waals surface area contributed by atoms with Gasteiger partial charge in [-0.3, -0.25) is 9.69 Å². The molecule has 2 bridgehead atoms. The molecule has 4 heterocycles. The van der Waals surface area contributed by atoms with Crippen LogP contribution in [-0.4, -0.2) is 71.1 Å². The monoisotopic (exact) mass is 721 g/mol. The highest BCUT2D eigenvalue weighted by Crippen LogP contribution is 2.44. The molecule has 12 heteroatoms. The molecule has 0 aliphatic carbocycles. The summed E-state index contributed by atoms with van der Waals surface area (Å²) in [6.07, 6.45) is 5.83. The second-order valence-electron chi connectivity index (χ2n) is 15.1. The van der Waals surface area contributed by atoms with E-state index >= 15 is 0 Å². The third-order valence-corrected chi connectivity index (χ3v) is 12.7. The average Bonchev–Trinajstić information content (AvgIpc) is 3.53. The third-order valence-electron chi connectivity index (χ3n) is 10.6. The van der Waals surface area contributed by atoms with Crippen molar-refractivity contribution in [1.29, 1.82) is 0 Å². The number of imidazole rings is 1. The van der Waals surface area contributed by atoms with Crippen LogP contribution in [0, 0.1) is 12.7 Å². The van der Waals surface area contributed by atoms with E-state index < -0.39 is 37.8 Å². The minimum atomic E-state index is -4.25. The summed E-state index contributed by atoms with van der Waals surface area (Å²) in [6, 6.07) is 21.9. The fourth-order valence-electron chi connectivity index (χ4n) is 8.41. The Morgan fingerprint density at radius 1 is 1.04 bits per heavy atom. The standard InChI is InChI=1S/C38H45ClFN5O4S/c1-25-41-33-12-8-9-13-34(33)45(25)29-20-27-14-15-28(21-29)44(27)19-17-38(26-10-6-5-7-11-26)16-18-43(24-49-38)36(46)30-22-35(32(40)23-31(30)39)50(47,48)42-37(2,3)4/h5-13,22-23,27-29,42H,14-21,24H2,1-4H3. The number of fused-ring (bicyclic) bond motifs is 3. The van der Waals surface area contributed by atoms with Gasteiger partial charge in [-0.2, -0.15) is 0 Å². The van der Waals surface area contributed by atoms with Gasteiger partial charge >= 0.3 is 0 Å². The Hall–Kier alpha value is -3.35. The van der Waals surface area contributed by atoms with Crippen molar-refractivity contribution < 1.29 is 22.3 Å². The first kappa shape index (κ1) is 35.1. The van der Waals surface area contributed by atoms with E-state index in [0.717, 1.165) is 54.8 Å². The van der Waals surface area contributed by atoms with E-state index in [-0.39, 0.29) is 17.3 Å². The highest BCUT2D eigenvalue weighted by atomic mass is 35.5. The summed E-state index contributed by atoms with van der Waals surface area (Å²) < 4.78 is 52.5. The number of sulfonamides is 1. The maximum Gasteiger partial charge on any atom is 0.257 e. The van der Waals surface area contributed by atoms with Crippen molar-refractivity contribution in [3.63, 3.8) is 0 Å². The van der Waals surface area contributed by atoms with Crippen molar-refractivity contribution in [3.05, 3.63) is 94.5 Å². The largest absolute Gasteiger partial charge is 0.350 e. The van der Waals surface area contributed by atoms with Crippen LogP contribution in [0.2, 0.25) is 5.02 Å². The SMILES string of the molecule is Cc1nc2ccccc2n1C1CC2CCC(C1)N2CCC1(c2ccccc2)CCN(C(=O)c2cc(S(=O)(=O)NC(C)(C)C)c(F)cc2Cl)CO1. The Bertz CT molecular complexity index is 1990. The van der Waals surface area contributed by atoms with E-state index in [1.54, 1.807) is 20.8 Å². The van der Waals surface area contributed by atoms with Gasteiger partial charge in [0, 0.05) is 36.8 Å². The first-order valence-electron chi connectivity index (χ1n) is 17.5. The molecule has 50 heavy (non-hydrogen) atoms. The number of benzene rings is 3. The molecule has 9 nitrogen and oxygen atoms in total. The lowest BCUT2D eigenvalue weighted by Gasteiger charge is -2.45. The Morgan fingerprint density at radius 3 is 2.38 bits per heavy atom. The van der Waals surface area contributed by atoms with E-state index in [0.29, 0.717) is 31.1 Å². The minimum Gasteiger partial charge on any atom is -0.350 e. The molecule has 3 fully saturated rings. The van der Waals surface area contributed by atoms with Crippen LogP contribution in [-0.2, 0) is 20.4 Å². The van der Waals surface area contributed by atoms with Gasteiger partial charge in [-0.1, -0.05) is 54.1 Å². The van der Waals surface area contributed by atoms with Crippen LogP contribution in [0.25, 0.3) is 11.0 Å². The van der Waals surface area contributed by atoms with Crippen molar-refractivity contribution in [2.24, 2.45) is 0 Å². The van der Waals surface area contributed by atoms with Gasteiger partial charge in [-0.15, -0.1) is 0 Å². The molecule has 3 atom stereocenters. The number of aromatic nitrogens is 2. The Kier molecular flexibility index (Phi) is 9.34. The summed E-state index contributed by atoms with van der Waals surface area (Å²) in [5, 5.41) is -0.153. The number of amides is 1. The highest BCUT2D eigenvalue weighted by Gasteiger charge is 2.45. The molecule has 0 radical (unpaired) electrons. The maximum atomic E-state index is 14.9. The molecular weight excluding hydrogens is 677 g/mol. The number of piperidine rings is 1. The lowest BCUT2D eigenvalue weighted by Crippen LogP contribution is -2.50. The lowest BCUT2D eigenvalue weighted by atomic mass is 9.85. The van der Waals surface area contributed by atoms with Crippen LogP contribution >= 0.6 is 11.6 Å². The summed E-state index contributed by atoms with van der Waals surface area (Å²) in [7, 11) is -4.25. The lowest BCUT2D eigenvalue weighted by molar-refractivity contribution is -0.139. The predicted octanol–water partition coefficient (Wildman–Crippen LogP) is 7.19. The number of carbonyl (C=O) groups excluding carboxylic acids is 1. The van der Waals surface area contributed by atoms with Crippen molar-refractivity contribution in [2.75, 3.05) is 19.8 Å². The molecule has 0 spiro atoms. The zero-order valence-corrected chi connectivity index (χ0v) is 30.6. The average molecular weight is 722 g/mol. The van der Waals surface area contributed by atoms with Gasteiger partial charge < -0.3 is 14.2 Å². The van der Waals surface area contributed by atoms with Crippen LogP contribution in [0.3, 0.4) is 0 Å². The van der Waals surface area contributed by atoms with Gasteiger partial charge in [0.05, 0.1) is 27.2 Å². The fraction of sp³-hybridized carbons (Fsp3) is 0.474. The first-order chi connectivity index (χ1) is 23.7. The number of hydrogen-bond donors (Lipinski definition) is 1. The van der Waals surface area contributed by atoms with Gasteiger partial charge in [-0.25, -0.2) is 22.5 Å². The van der Waals surface area contributed by atoms with E-state index in [1.165, 1.54) is 23.3 Å². The summed E-state index contributed by atoms with van der Waals surface area (Å²) >= 11 is 6.35. The minimum absolute atomic E-state index is 0.00826. The molecule has 3 saturated heterocycles. The van der Waals surface area contributed by atoms with E-state index in [4.69, 9.17) is 21.3 Å². The van der Waals surface area contributed by atoms with Crippen molar-refractivity contribution in [3.8, 4) is 0 Å². The van der Waals surface area contributed by atoms with Crippen molar-refractivity contribution in [1.82, 2.24) is 24.1 Å². The number of aryl methyl sites for hydroxylation is 1. The molecule has 3 aromatic carbocycles. The number of halogens is 2. The molecule has 4 aromatic rings. The van der Waals surface area contributed by atoms with Gasteiger partial charge in [0.15, 0.2) is 0 Å². The molecular formula is C38H45ClFN5O4S. The normalized spacial score (nSPS) is 24.6. The van der Waals surface area contributed by atoms with Crippen molar-refractivity contribution in [2.45, 2.75) is 100 Å². The molecule has 3 aliphatic rings. The first-order valence-corrected chi connectivity index (χ1v) is 19.3. The second kappa shape index (κ2) is 13.3. The van der Waals surface area contributed by atoms with E-state index in [9.17, 15) is 17.6 Å². The van der Waals surface area contributed by atoms with Crippen molar-refractivity contribution >= 4 is 38.6 Å². The van der Waals surface area contributed by atoms with Crippen LogP contribution in [0.15, 0.2) is 71.6 Å². The van der Waals surface area contributed by atoms with Crippen LogP contribution < -0.4 is 4.72 Å². The highest BCUT2D eigenvalue weighted by molar-refractivity contribution is 7.89. The topological polar surface area (TPSA) is 96.8 Å².